The number of hydrogen-bond donors (Lipinski definition) is 0. The quantitative estimate of drug-likeness (QED) is 0.541. The van der Waals surface area contributed by atoms with Crippen LogP contribution in [0.15, 0.2) is 72.5 Å². The van der Waals surface area contributed by atoms with E-state index in [0.29, 0.717) is 5.56 Å². The number of benzene rings is 2. The third-order valence-electron chi connectivity index (χ3n) is 3.99. The Bertz CT molecular complexity index is 1070. The molecule has 0 amide bonds. The summed E-state index contributed by atoms with van der Waals surface area (Å²) in [6, 6.07) is 18.0. The van der Waals surface area contributed by atoms with Crippen molar-refractivity contribution in [3.05, 3.63) is 84.1 Å². The summed E-state index contributed by atoms with van der Waals surface area (Å²) in [7, 11) is 0. The Morgan fingerprint density at radius 1 is 1.04 bits per heavy atom. The smallest absolute Gasteiger partial charge is 0.141 e. The van der Waals surface area contributed by atoms with E-state index in [9.17, 15) is 0 Å². The molecule has 0 fully saturated rings. The second-order valence-corrected chi connectivity index (χ2v) is 5.62. The maximum Gasteiger partial charge on any atom is 0.141 e. The first kappa shape index (κ1) is 14.8. The molecular weight excluding hydrogens is 312 g/mol. The largest absolute Gasteiger partial charge is 0.342 e. The van der Waals surface area contributed by atoms with Crippen LogP contribution in [0.25, 0.3) is 10.9 Å². The highest BCUT2D eigenvalue weighted by Gasteiger charge is 2.07. The predicted molar refractivity (Wildman–Crippen MR) is 95.2 cm³/mol. The number of fused-ring (bicyclic) bond motifs is 1. The van der Waals surface area contributed by atoms with E-state index in [2.05, 4.69) is 44.3 Å². The monoisotopic (exact) mass is 326 g/mol. The summed E-state index contributed by atoms with van der Waals surface area (Å²) in [6.07, 6.45) is 6.98. The van der Waals surface area contributed by atoms with Gasteiger partial charge in [-0.2, -0.15) is 10.4 Å². The zero-order valence-corrected chi connectivity index (χ0v) is 13.3. The molecule has 4 aromatic rings. The van der Waals surface area contributed by atoms with Crippen LogP contribution >= 0.6 is 0 Å². The van der Waals surface area contributed by atoms with Crippen LogP contribution in [-0.4, -0.2) is 25.7 Å². The minimum Gasteiger partial charge on any atom is -0.342 e. The van der Waals surface area contributed by atoms with Crippen LogP contribution in [0.2, 0.25) is 0 Å². The molecule has 0 bridgehead atoms. The lowest BCUT2D eigenvalue weighted by Gasteiger charge is -2.05. The SMILES string of the molecule is N#Cc1ccc(Cn2cc(/C=N\n3cnnc3)c3ccccc32)cc1. The second kappa shape index (κ2) is 6.42. The van der Waals surface area contributed by atoms with Gasteiger partial charge in [0.25, 0.3) is 0 Å². The van der Waals surface area contributed by atoms with E-state index in [0.717, 1.165) is 28.6 Å². The maximum absolute atomic E-state index is 8.92. The topological polar surface area (TPSA) is 71.8 Å². The molecule has 0 aliphatic carbocycles. The predicted octanol–water partition coefficient (Wildman–Crippen LogP) is 3.03. The molecule has 0 saturated carbocycles. The number of nitriles is 1. The first-order chi connectivity index (χ1) is 12.3. The number of aromatic nitrogens is 4. The fourth-order valence-electron chi connectivity index (χ4n) is 2.77. The molecular formula is C19H14N6. The second-order valence-electron chi connectivity index (χ2n) is 5.62. The maximum atomic E-state index is 8.92. The Hall–Kier alpha value is -3.72. The van der Waals surface area contributed by atoms with Gasteiger partial charge >= 0.3 is 0 Å². The number of rotatable bonds is 4. The molecule has 6 nitrogen and oxygen atoms in total. The minimum atomic E-state index is 0.669. The van der Waals surface area contributed by atoms with Gasteiger partial charge in [-0.1, -0.05) is 30.3 Å². The molecule has 0 aliphatic heterocycles. The van der Waals surface area contributed by atoms with E-state index in [1.807, 2.05) is 36.4 Å². The average Bonchev–Trinajstić information content (AvgIpc) is 3.29. The van der Waals surface area contributed by atoms with Gasteiger partial charge in [0.1, 0.15) is 12.7 Å². The van der Waals surface area contributed by atoms with Crippen LogP contribution in [0, 0.1) is 11.3 Å². The Morgan fingerprint density at radius 3 is 2.56 bits per heavy atom. The Balaban J connectivity index is 1.70. The Morgan fingerprint density at radius 2 is 1.80 bits per heavy atom. The summed E-state index contributed by atoms with van der Waals surface area (Å²) >= 11 is 0. The first-order valence-corrected chi connectivity index (χ1v) is 7.79. The molecule has 2 aromatic carbocycles. The number of para-hydroxylation sites is 1. The van der Waals surface area contributed by atoms with E-state index in [-0.39, 0.29) is 0 Å². The van der Waals surface area contributed by atoms with Crippen molar-refractivity contribution in [2.24, 2.45) is 5.10 Å². The third kappa shape index (κ3) is 3.03. The number of hydrogen-bond acceptors (Lipinski definition) is 4. The van der Waals surface area contributed by atoms with Crippen LogP contribution in [0.1, 0.15) is 16.7 Å². The summed E-state index contributed by atoms with van der Waals surface area (Å²) in [5.74, 6) is 0. The fraction of sp³-hybridized carbons (Fsp3) is 0.0526. The highest BCUT2D eigenvalue weighted by Crippen LogP contribution is 2.21. The van der Waals surface area contributed by atoms with Crippen LogP contribution in [-0.2, 0) is 6.54 Å². The van der Waals surface area contributed by atoms with Gasteiger partial charge in [-0.25, -0.2) is 4.68 Å². The molecule has 0 spiro atoms. The Kier molecular flexibility index (Phi) is 3.81. The van der Waals surface area contributed by atoms with Crippen LogP contribution < -0.4 is 0 Å². The van der Waals surface area contributed by atoms with Crippen molar-refractivity contribution in [3.63, 3.8) is 0 Å². The molecule has 0 aliphatic rings. The van der Waals surface area contributed by atoms with Crippen LogP contribution in [0.5, 0.6) is 0 Å². The molecule has 0 radical (unpaired) electrons. The molecule has 2 aromatic heterocycles. The molecule has 120 valence electrons. The van der Waals surface area contributed by atoms with Gasteiger partial charge in [-0.15, -0.1) is 10.2 Å². The van der Waals surface area contributed by atoms with Crippen molar-refractivity contribution >= 4 is 17.1 Å². The lowest BCUT2D eigenvalue weighted by molar-refractivity contribution is 0.835. The molecule has 2 heterocycles. The van der Waals surface area contributed by atoms with Crippen LogP contribution in [0.4, 0.5) is 0 Å². The lowest BCUT2D eigenvalue weighted by Crippen LogP contribution is -1.97. The van der Waals surface area contributed by atoms with Crippen molar-refractivity contribution in [2.75, 3.05) is 0 Å². The van der Waals surface area contributed by atoms with E-state index in [4.69, 9.17) is 5.26 Å². The lowest BCUT2D eigenvalue weighted by atomic mass is 10.1. The summed E-state index contributed by atoms with van der Waals surface area (Å²) in [6.45, 7) is 0.729. The van der Waals surface area contributed by atoms with Gasteiger partial charge in [0.05, 0.1) is 17.8 Å². The normalized spacial score (nSPS) is 11.2. The van der Waals surface area contributed by atoms with E-state index < -0.39 is 0 Å². The van der Waals surface area contributed by atoms with Gasteiger partial charge in [-0.05, 0) is 23.8 Å². The van der Waals surface area contributed by atoms with E-state index >= 15 is 0 Å². The highest BCUT2D eigenvalue weighted by molar-refractivity contribution is 5.99. The van der Waals surface area contributed by atoms with Gasteiger partial charge in [0, 0.05) is 29.2 Å². The third-order valence-corrected chi connectivity index (χ3v) is 3.99. The Labute approximate surface area is 144 Å². The van der Waals surface area contributed by atoms with Gasteiger partial charge in [0.2, 0.25) is 0 Å². The summed E-state index contributed by atoms with van der Waals surface area (Å²) in [4.78, 5) is 0. The van der Waals surface area contributed by atoms with Crippen molar-refractivity contribution in [1.82, 2.24) is 19.4 Å². The summed E-state index contributed by atoms with van der Waals surface area (Å²) in [5, 5.41) is 21.9. The summed E-state index contributed by atoms with van der Waals surface area (Å²) in [5.41, 5.74) is 3.97. The fourth-order valence-corrected chi connectivity index (χ4v) is 2.77. The molecule has 0 N–H and O–H groups in total. The van der Waals surface area contributed by atoms with Crippen molar-refractivity contribution in [1.29, 1.82) is 5.26 Å². The minimum absolute atomic E-state index is 0.669. The van der Waals surface area contributed by atoms with Crippen molar-refractivity contribution in [3.8, 4) is 6.07 Å². The summed E-state index contributed by atoms with van der Waals surface area (Å²) < 4.78 is 3.75. The zero-order chi connectivity index (χ0) is 17.1. The molecule has 6 heteroatoms. The van der Waals surface area contributed by atoms with Crippen molar-refractivity contribution in [2.45, 2.75) is 6.54 Å². The standard InChI is InChI=1S/C19H14N6/c20-9-15-5-7-16(8-6-15)11-24-12-17(10-23-25-13-21-22-14-25)18-3-1-2-4-19(18)24/h1-8,10,12-14H,11H2/b23-10-. The molecule has 0 saturated heterocycles. The highest BCUT2D eigenvalue weighted by atomic mass is 15.4. The zero-order valence-electron chi connectivity index (χ0n) is 13.3. The molecule has 25 heavy (non-hydrogen) atoms. The first-order valence-electron chi connectivity index (χ1n) is 7.79. The average molecular weight is 326 g/mol. The number of nitrogens with zero attached hydrogens (tertiary/aromatic N) is 6. The van der Waals surface area contributed by atoms with Gasteiger partial charge < -0.3 is 4.57 Å². The van der Waals surface area contributed by atoms with E-state index in [1.54, 1.807) is 23.5 Å². The van der Waals surface area contributed by atoms with Crippen LogP contribution in [0.3, 0.4) is 0 Å². The van der Waals surface area contributed by atoms with E-state index in [1.165, 1.54) is 0 Å². The molecule has 0 unspecified atom stereocenters. The van der Waals surface area contributed by atoms with Gasteiger partial charge in [-0.3, -0.25) is 0 Å². The van der Waals surface area contributed by atoms with Gasteiger partial charge in [0.15, 0.2) is 0 Å². The van der Waals surface area contributed by atoms with Crippen molar-refractivity contribution < 1.29 is 0 Å². The molecule has 4 rings (SSSR count). The molecule has 0 atom stereocenters.